The average molecular weight is 384 g/mol. The Bertz CT molecular complexity index is 859. The van der Waals surface area contributed by atoms with Crippen molar-refractivity contribution in [2.45, 2.75) is 25.9 Å². The molecule has 2 heterocycles. The number of rotatable bonds is 8. The Kier molecular flexibility index (Phi) is 6.65. The summed E-state index contributed by atoms with van der Waals surface area (Å²) < 4.78 is 11.0. The van der Waals surface area contributed by atoms with Crippen molar-refractivity contribution in [3.8, 4) is 5.75 Å². The quantitative estimate of drug-likeness (QED) is 0.580. The van der Waals surface area contributed by atoms with Gasteiger partial charge in [0.2, 0.25) is 5.91 Å². The predicted molar refractivity (Wildman–Crippen MR) is 102 cm³/mol. The molecule has 140 valence electrons. The van der Waals surface area contributed by atoms with E-state index in [0.717, 1.165) is 18.6 Å². The fourth-order valence-corrected chi connectivity index (χ4v) is 3.13. The molecule has 0 spiro atoms. The van der Waals surface area contributed by atoms with Gasteiger partial charge in [-0.1, -0.05) is 24.3 Å². The number of amides is 2. The highest BCUT2D eigenvalue weighted by Crippen LogP contribution is 2.14. The molecule has 1 aromatic carbocycles. The summed E-state index contributed by atoms with van der Waals surface area (Å²) in [5.41, 5.74) is 4.76. The summed E-state index contributed by atoms with van der Waals surface area (Å²) in [4.78, 5) is 25.1. The molecule has 0 radical (unpaired) electrons. The molecule has 0 aliphatic carbocycles. The summed E-state index contributed by atoms with van der Waals surface area (Å²) in [5, 5.41) is 2.01. The van der Waals surface area contributed by atoms with E-state index in [1.54, 1.807) is 23.5 Å². The van der Waals surface area contributed by atoms with Gasteiger partial charge < -0.3 is 9.15 Å². The van der Waals surface area contributed by atoms with E-state index < -0.39 is 5.91 Å². The molecule has 6 nitrogen and oxygen atoms in total. The van der Waals surface area contributed by atoms with E-state index in [-0.39, 0.29) is 18.3 Å². The first-order chi connectivity index (χ1) is 13.2. The number of hydrogen-bond donors (Lipinski definition) is 2. The van der Waals surface area contributed by atoms with Crippen LogP contribution in [0.1, 0.15) is 34.0 Å². The Hall–Kier alpha value is -3.06. The lowest BCUT2D eigenvalue weighted by Crippen LogP contribution is -2.41. The molecule has 0 aliphatic rings. The summed E-state index contributed by atoms with van der Waals surface area (Å²) in [6, 6.07) is 16.6. The molecule has 0 atom stereocenters. The number of ether oxygens (including phenoxy) is 1. The molecular formula is C20H20N2O4S. The van der Waals surface area contributed by atoms with Gasteiger partial charge in [-0.2, -0.15) is 0 Å². The molecule has 2 amide bonds. The highest BCUT2D eigenvalue weighted by molar-refractivity contribution is 7.09. The first kappa shape index (κ1) is 18.7. The van der Waals surface area contributed by atoms with Crippen molar-refractivity contribution in [3.05, 3.63) is 76.4 Å². The predicted octanol–water partition coefficient (Wildman–Crippen LogP) is 3.70. The minimum atomic E-state index is -0.507. The van der Waals surface area contributed by atoms with E-state index >= 15 is 0 Å². The summed E-state index contributed by atoms with van der Waals surface area (Å²) in [6.45, 7) is 0.215. The third kappa shape index (κ3) is 6.00. The topological polar surface area (TPSA) is 80.6 Å². The van der Waals surface area contributed by atoms with Crippen LogP contribution in [0.4, 0.5) is 0 Å². The van der Waals surface area contributed by atoms with Crippen LogP contribution >= 0.6 is 11.3 Å². The maximum absolute atomic E-state index is 12.0. The van der Waals surface area contributed by atoms with Gasteiger partial charge in [-0.15, -0.1) is 11.3 Å². The van der Waals surface area contributed by atoms with Crippen LogP contribution in [0.2, 0.25) is 0 Å². The molecule has 0 saturated heterocycles. The third-order valence-corrected chi connectivity index (χ3v) is 4.67. The minimum absolute atomic E-state index is 0.112. The van der Waals surface area contributed by atoms with E-state index in [2.05, 4.69) is 10.9 Å². The van der Waals surface area contributed by atoms with Crippen LogP contribution in [0.15, 0.2) is 64.4 Å². The lowest BCUT2D eigenvalue weighted by molar-refractivity contribution is -0.121. The fourth-order valence-electron chi connectivity index (χ4n) is 2.38. The highest BCUT2D eigenvalue weighted by atomic mass is 32.1. The number of aryl methyl sites for hydroxylation is 1. The van der Waals surface area contributed by atoms with Crippen molar-refractivity contribution in [3.63, 3.8) is 0 Å². The normalized spacial score (nSPS) is 10.4. The zero-order valence-corrected chi connectivity index (χ0v) is 15.5. The number of benzene rings is 1. The second kappa shape index (κ2) is 9.59. The Labute approximate surface area is 161 Å². The number of hydrazine groups is 1. The van der Waals surface area contributed by atoms with Gasteiger partial charge in [-0.05, 0) is 48.6 Å². The number of hydrogen-bond acceptors (Lipinski definition) is 5. The first-order valence-electron chi connectivity index (χ1n) is 8.59. The van der Waals surface area contributed by atoms with Crippen molar-refractivity contribution in [1.29, 1.82) is 0 Å². The number of para-hydroxylation sites is 1. The van der Waals surface area contributed by atoms with Crippen molar-refractivity contribution in [1.82, 2.24) is 10.9 Å². The molecule has 2 aromatic heterocycles. The van der Waals surface area contributed by atoms with E-state index in [1.807, 2.05) is 47.8 Å². The SMILES string of the molecule is O=C(CCCc1cccs1)NNC(=O)c1ccc(COc2ccccc2)o1. The molecule has 3 aromatic rings. The van der Waals surface area contributed by atoms with Crippen molar-refractivity contribution in [2.75, 3.05) is 0 Å². The molecule has 2 N–H and O–H groups in total. The number of thiophene rings is 1. The molecule has 0 unspecified atom stereocenters. The van der Waals surface area contributed by atoms with Crippen LogP contribution in [-0.2, 0) is 17.8 Å². The Morgan fingerprint density at radius 1 is 1.00 bits per heavy atom. The molecule has 0 saturated carbocycles. The number of carbonyl (C=O) groups excluding carboxylic acids is 2. The average Bonchev–Trinajstić information content (AvgIpc) is 3.37. The van der Waals surface area contributed by atoms with Gasteiger partial charge in [0.1, 0.15) is 18.1 Å². The van der Waals surface area contributed by atoms with Crippen LogP contribution in [-0.4, -0.2) is 11.8 Å². The number of furan rings is 1. The van der Waals surface area contributed by atoms with E-state index in [9.17, 15) is 9.59 Å². The molecule has 0 fully saturated rings. The fraction of sp³-hybridized carbons (Fsp3) is 0.200. The molecule has 0 bridgehead atoms. The highest BCUT2D eigenvalue weighted by Gasteiger charge is 2.12. The summed E-state index contributed by atoms with van der Waals surface area (Å²) >= 11 is 1.67. The van der Waals surface area contributed by atoms with Gasteiger partial charge in [-0.3, -0.25) is 20.4 Å². The maximum Gasteiger partial charge on any atom is 0.305 e. The van der Waals surface area contributed by atoms with Crippen molar-refractivity contribution >= 4 is 23.2 Å². The van der Waals surface area contributed by atoms with E-state index in [1.165, 1.54) is 4.88 Å². The third-order valence-electron chi connectivity index (χ3n) is 3.73. The van der Waals surface area contributed by atoms with Gasteiger partial charge in [0.15, 0.2) is 5.76 Å². The van der Waals surface area contributed by atoms with E-state index in [4.69, 9.17) is 9.15 Å². The maximum atomic E-state index is 12.0. The van der Waals surface area contributed by atoms with E-state index in [0.29, 0.717) is 12.2 Å². The van der Waals surface area contributed by atoms with Gasteiger partial charge in [0.05, 0.1) is 0 Å². The van der Waals surface area contributed by atoms with Gasteiger partial charge in [0, 0.05) is 11.3 Å². The van der Waals surface area contributed by atoms with Gasteiger partial charge in [0.25, 0.3) is 0 Å². The second-order valence-electron chi connectivity index (χ2n) is 5.80. The Morgan fingerprint density at radius 3 is 2.63 bits per heavy atom. The van der Waals surface area contributed by atoms with Crippen molar-refractivity contribution < 1.29 is 18.7 Å². The van der Waals surface area contributed by atoms with Crippen LogP contribution in [0, 0.1) is 0 Å². The zero-order valence-electron chi connectivity index (χ0n) is 14.6. The van der Waals surface area contributed by atoms with Crippen molar-refractivity contribution in [2.24, 2.45) is 0 Å². The lowest BCUT2D eigenvalue weighted by atomic mass is 10.2. The molecule has 0 aliphatic heterocycles. The first-order valence-corrected chi connectivity index (χ1v) is 9.47. The molecular weight excluding hydrogens is 364 g/mol. The van der Waals surface area contributed by atoms with Gasteiger partial charge >= 0.3 is 5.91 Å². The summed E-state index contributed by atoms with van der Waals surface area (Å²) in [5.74, 6) is 0.605. The smallest absolute Gasteiger partial charge is 0.305 e. The Balaban J connectivity index is 1.37. The zero-order chi connectivity index (χ0) is 18.9. The molecule has 27 heavy (non-hydrogen) atoms. The second-order valence-corrected chi connectivity index (χ2v) is 6.84. The lowest BCUT2D eigenvalue weighted by Gasteiger charge is -2.06. The molecule has 3 rings (SSSR count). The van der Waals surface area contributed by atoms with Crippen LogP contribution in [0.5, 0.6) is 5.75 Å². The molecule has 7 heteroatoms. The number of nitrogens with one attached hydrogen (secondary N) is 2. The minimum Gasteiger partial charge on any atom is -0.486 e. The number of carbonyl (C=O) groups is 2. The van der Waals surface area contributed by atoms with Crippen LogP contribution in [0.3, 0.4) is 0 Å². The summed E-state index contributed by atoms with van der Waals surface area (Å²) in [7, 11) is 0. The van der Waals surface area contributed by atoms with Crippen LogP contribution < -0.4 is 15.6 Å². The largest absolute Gasteiger partial charge is 0.486 e. The van der Waals surface area contributed by atoms with Gasteiger partial charge in [-0.25, -0.2) is 0 Å². The summed E-state index contributed by atoms with van der Waals surface area (Å²) in [6.07, 6.45) is 1.92. The standard InChI is InChI=1S/C20H20N2O4S/c23-19(10-4-8-17-9-5-13-27-17)21-22-20(24)18-12-11-16(26-18)14-25-15-6-2-1-3-7-15/h1-3,5-7,9,11-13H,4,8,10,14H2,(H,21,23)(H,22,24). The Morgan fingerprint density at radius 2 is 1.85 bits per heavy atom. The van der Waals surface area contributed by atoms with Crippen LogP contribution in [0.25, 0.3) is 0 Å². The monoisotopic (exact) mass is 384 g/mol.